The van der Waals surface area contributed by atoms with Crippen LogP contribution in [-0.2, 0) is 0 Å². The van der Waals surface area contributed by atoms with Crippen LogP contribution in [0.1, 0.15) is 42.9 Å². The first-order valence-electron chi connectivity index (χ1n) is 10.5. The van der Waals surface area contributed by atoms with Crippen LogP contribution in [0.3, 0.4) is 0 Å². The van der Waals surface area contributed by atoms with E-state index in [1.807, 2.05) is 61.3 Å². The van der Waals surface area contributed by atoms with Crippen molar-refractivity contribution in [3.05, 3.63) is 59.9 Å². The Morgan fingerprint density at radius 2 is 1.72 bits per heavy atom. The molecule has 29 heavy (non-hydrogen) atoms. The van der Waals surface area contributed by atoms with Gasteiger partial charge < -0.3 is 9.80 Å². The van der Waals surface area contributed by atoms with E-state index in [0.717, 1.165) is 54.0 Å². The zero-order valence-corrected chi connectivity index (χ0v) is 17.8. The third-order valence-corrected chi connectivity index (χ3v) is 6.20. The Balaban J connectivity index is 1.50. The Hall–Kier alpha value is -2.66. The molecule has 0 radical (unpaired) electrons. The molecule has 2 heterocycles. The largest absolute Gasteiger partial charge is 0.339 e. The number of fused-ring (bicyclic) bond motifs is 1. The fourth-order valence-electron chi connectivity index (χ4n) is 4.38. The lowest BCUT2D eigenvalue weighted by molar-refractivity contribution is 0.0615. The summed E-state index contributed by atoms with van der Waals surface area (Å²) in [7, 11) is 1.94. The fourth-order valence-corrected chi connectivity index (χ4v) is 4.38. The number of amides is 1. The Labute approximate surface area is 172 Å². The average Bonchev–Trinajstić information content (AvgIpc) is 3.08. The van der Waals surface area contributed by atoms with Gasteiger partial charge in [0.1, 0.15) is 5.82 Å². The molecule has 5 nitrogen and oxygen atoms in total. The summed E-state index contributed by atoms with van der Waals surface area (Å²) < 4.78 is 2.13. The summed E-state index contributed by atoms with van der Waals surface area (Å²) in [6.45, 7) is 8.61. The van der Waals surface area contributed by atoms with Gasteiger partial charge in [0.2, 0.25) is 0 Å². The van der Waals surface area contributed by atoms with E-state index in [9.17, 15) is 4.79 Å². The second-order valence-electron chi connectivity index (χ2n) is 8.31. The van der Waals surface area contributed by atoms with Crippen LogP contribution in [0.25, 0.3) is 16.7 Å². The number of benzene rings is 2. The van der Waals surface area contributed by atoms with Crippen molar-refractivity contribution in [3.63, 3.8) is 0 Å². The van der Waals surface area contributed by atoms with Gasteiger partial charge in [0.05, 0.1) is 11.0 Å². The molecule has 1 aliphatic heterocycles. The van der Waals surface area contributed by atoms with Crippen molar-refractivity contribution >= 4 is 16.9 Å². The Morgan fingerprint density at radius 3 is 2.38 bits per heavy atom. The van der Waals surface area contributed by atoms with Gasteiger partial charge in [0, 0.05) is 43.5 Å². The molecule has 0 N–H and O–H groups in total. The van der Waals surface area contributed by atoms with E-state index < -0.39 is 0 Å². The minimum absolute atomic E-state index is 0.103. The molecule has 1 aliphatic rings. The molecule has 1 saturated heterocycles. The van der Waals surface area contributed by atoms with Gasteiger partial charge in [-0.25, -0.2) is 4.98 Å². The van der Waals surface area contributed by atoms with Gasteiger partial charge in [0.25, 0.3) is 5.91 Å². The molecular weight excluding hydrogens is 360 g/mol. The van der Waals surface area contributed by atoms with Crippen LogP contribution in [-0.4, -0.2) is 57.5 Å². The highest BCUT2D eigenvalue weighted by Crippen LogP contribution is 2.23. The molecule has 0 saturated carbocycles. The van der Waals surface area contributed by atoms with Gasteiger partial charge >= 0.3 is 0 Å². The lowest BCUT2D eigenvalue weighted by Crippen LogP contribution is -2.47. The van der Waals surface area contributed by atoms with Crippen LogP contribution in [0, 0.1) is 6.92 Å². The average molecular weight is 391 g/mol. The van der Waals surface area contributed by atoms with Crippen LogP contribution in [0.2, 0.25) is 0 Å². The van der Waals surface area contributed by atoms with E-state index >= 15 is 0 Å². The van der Waals surface area contributed by atoms with Gasteiger partial charge in [-0.05, 0) is 70.0 Å². The number of piperidine rings is 1. The van der Waals surface area contributed by atoms with Crippen LogP contribution in [0.5, 0.6) is 0 Å². The lowest BCUT2D eigenvalue weighted by Gasteiger charge is -2.38. The molecule has 4 rings (SSSR count). The van der Waals surface area contributed by atoms with Crippen LogP contribution < -0.4 is 0 Å². The summed E-state index contributed by atoms with van der Waals surface area (Å²) in [6.07, 6.45) is 2.08. The standard InChI is InChI=1S/C24H30N4O/c1-17(2)27-15-13-20(14-16-27)26(4)24(29)19-9-11-21(12-10-19)28-18(3)25-22-7-5-6-8-23(22)28/h5-12,17,20H,13-16H2,1-4H3. The van der Waals surface area contributed by atoms with Crippen molar-refractivity contribution in [2.24, 2.45) is 0 Å². The number of para-hydroxylation sites is 2. The molecular formula is C24H30N4O. The molecule has 5 heteroatoms. The van der Waals surface area contributed by atoms with Crippen LogP contribution in [0.15, 0.2) is 48.5 Å². The molecule has 0 atom stereocenters. The van der Waals surface area contributed by atoms with Gasteiger partial charge in [-0.3, -0.25) is 9.36 Å². The van der Waals surface area contributed by atoms with E-state index in [4.69, 9.17) is 0 Å². The van der Waals surface area contributed by atoms with Crippen molar-refractivity contribution in [2.45, 2.75) is 45.7 Å². The summed E-state index contributed by atoms with van der Waals surface area (Å²) in [4.78, 5) is 22.1. The second-order valence-corrected chi connectivity index (χ2v) is 8.31. The maximum absolute atomic E-state index is 13.0. The van der Waals surface area contributed by atoms with Gasteiger partial charge in [-0.1, -0.05) is 12.1 Å². The number of nitrogens with zero attached hydrogens (tertiary/aromatic N) is 4. The summed E-state index contributed by atoms with van der Waals surface area (Å²) in [5.41, 5.74) is 3.83. The number of carbonyl (C=O) groups is 1. The van der Waals surface area contributed by atoms with Crippen molar-refractivity contribution in [3.8, 4) is 5.69 Å². The van der Waals surface area contributed by atoms with Crippen molar-refractivity contribution < 1.29 is 4.79 Å². The Kier molecular flexibility index (Phi) is 5.41. The predicted molar refractivity (Wildman–Crippen MR) is 118 cm³/mol. The number of carbonyl (C=O) groups excluding carboxylic acids is 1. The highest BCUT2D eigenvalue weighted by molar-refractivity contribution is 5.94. The van der Waals surface area contributed by atoms with Gasteiger partial charge in [-0.2, -0.15) is 0 Å². The maximum Gasteiger partial charge on any atom is 0.253 e. The van der Waals surface area contributed by atoms with Crippen molar-refractivity contribution in [1.29, 1.82) is 0 Å². The normalized spacial score (nSPS) is 15.9. The highest BCUT2D eigenvalue weighted by Gasteiger charge is 2.26. The highest BCUT2D eigenvalue weighted by atomic mass is 16.2. The minimum atomic E-state index is 0.103. The van der Waals surface area contributed by atoms with Crippen LogP contribution >= 0.6 is 0 Å². The van der Waals surface area contributed by atoms with E-state index in [2.05, 4.69) is 34.4 Å². The molecule has 1 amide bonds. The minimum Gasteiger partial charge on any atom is -0.339 e. The molecule has 2 aromatic carbocycles. The summed E-state index contributed by atoms with van der Waals surface area (Å²) in [5.74, 6) is 1.05. The third-order valence-electron chi connectivity index (χ3n) is 6.20. The third kappa shape index (κ3) is 3.79. The number of hydrogen-bond acceptors (Lipinski definition) is 3. The topological polar surface area (TPSA) is 41.4 Å². The smallest absolute Gasteiger partial charge is 0.253 e. The predicted octanol–water partition coefficient (Wildman–Crippen LogP) is 4.28. The quantitative estimate of drug-likeness (QED) is 0.668. The molecule has 3 aromatic rings. The Bertz CT molecular complexity index is 997. The lowest BCUT2D eigenvalue weighted by atomic mass is 10.0. The molecule has 0 aliphatic carbocycles. The van der Waals surface area contributed by atoms with Crippen molar-refractivity contribution in [2.75, 3.05) is 20.1 Å². The molecule has 152 valence electrons. The first-order valence-corrected chi connectivity index (χ1v) is 10.5. The molecule has 0 unspecified atom stereocenters. The van der Waals surface area contributed by atoms with E-state index in [1.165, 1.54) is 0 Å². The van der Waals surface area contributed by atoms with Gasteiger partial charge in [-0.15, -0.1) is 0 Å². The molecule has 1 fully saturated rings. The summed E-state index contributed by atoms with van der Waals surface area (Å²) >= 11 is 0. The maximum atomic E-state index is 13.0. The number of aromatic nitrogens is 2. The van der Waals surface area contributed by atoms with E-state index in [-0.39, 0.29) is 5.91 Å². The van der Waals surface area contributed by atoms with Crippen LogP contribution in [0.4, 0.5) is 0 Å². The molecule has 0 spiro atoms. The van der Waals surface area contributed by atoms with Crippen molar-refractivity contribution in [1.82, 2.24) is 19.4 Å². The summed E-state index contributed by atoms with van der Waals surface area (Å²) in [6, 6.07) is 16.9. The second kappa shape index (κ2) is 7.99. The fraction of sp³-hybridized carbons (Fsp3) is 0.417. The monoisotopic (exact) mass is 390 g/mol. The number of rotatable bonds is 4. The SMILES string of the molecule is Cc1nc2ccccc2n1-c1ccc(C(=O)N(C)C2CCN(C(C)C)CC2)cc1. The number of imidazole rings is 1. The van der Waals surface area contributed by atoms with Gasteiger partial charge in [0.15, 0.2) is 0 Å². The summed E-state index contributed by atoms with van der Waals surface area (Å²) in [5, 5.41) is 0. The number of hydrogen-bond donors (Lipinski definition) is 0. The first kappa shape index (κ1) is 19.6. The zero-order valence-electron chi connectivity index (χ0n) is 17.8. The first-order chi connectivity index (χ1) is 14.0. The Morgan fingerprint density at radius 1 is 1.07 bits per heavy atom. The number of likely N-dealkylation sites (tertiary alicyclic amines) is 1. The molecule has 1 aromatic heterocycles. The number of aryl methyl sites for hydroxylation is 1. The van der Waals surface area contributed by atoms with E-state index in [0.29, 0.717) is 12.1 Å². The zero-order chi connectivity index (χ0) is 20.5. The molecule has 0 bridgehead atoms. The van der Waals surface area contributed by atoms with E-state index in [1.54, 1.807) is 0 Å².